The zero-order valence-corrected chi connectivity index (χ0v) is 14.8. The lowest BCUT2D eigenvalue weighted by Gasteiger charge is -2.31. The Hall–Kier alpha value is -2.96. The van der Waals surface area contributed by atoms with Crippen LogP contribution in [0.3, 0.4) is 0 Å². The van der Waals surface area contributed by atoms with Crippen LogP contribution in [0.15, 0.2) is 42.7 Å². The molecule has 0 radical (unpaired) electrons. The lowest BCUT2D eigenvalue weighted by Crippen LogP contribution is -2.41. The molecule has 1 atom stereocenters. The van der Waals surface area contributed by atoms with E-state index in [9.17, 15) is 4.79 Å². The maximum absolute atomic E-state index is 12.9. The molecule has 0 aliphatic carbocycles. The van der Waals surface area contributed by atoms with Crippen LogP contribution in [-0.4, -0.2) is 38.5 Å². The van der Waals surface area contributed by atoms with Crippen molar-refractivity contribution >= 4 is 28.8 Å². The Labute approximate surface area is 152 Å². The molecule has 1 fully saturated rings. The third kappa shape index (κ3) is 3.12. The number of nitrogens with one attached hydrogen (secondary N) is 1. The molecular formula is C19H22N6O. The molecule has 26 heavy (non-hydrogen) atoms. The van der Waals surface area contributed by atoms with Crippen LogP contribution in [0.25, 0.3) is 11.0 Å². The van der Waals surface area contributed by atoms with E-state index in [2.05, 4.69) is 32.1 Å². The first-order chi connectivity index (χ1) is 12.8. The van der Waals surface area contributed by atoms with E-state index in [0.717, 1.165) is 37.0 Å². The van der Waals surface area contributed by atoms with Gasteiger partial charge in [-0.25, -0.2) is 15.0 Å². The SMILES string of the molecule is CCn1c(NC(=O)C2CCCN(c3ncccn3)C2)nc2ccccc21. The fourth-order valence-corrected chi connectivity index (χ4v) is 3.53. The zero-order chi connectivity index (χ0) is 17.9. The standard InChI is InChI=1S/C19H22N6O/c1-2-25-16-9-4-3-8-15(16)22-19(25)23-17(26)14-7-5-12-24(13-14)18-20-10-6-11-21-18/h3-4,6,8-11,14H,2,5,7,12-13H2,1H3,(H,22,23,26). The molecule has 2 aromatic heterocycles. The highest BCUT2D eigenvalue weighted by atomic mass is 16.2. The van der Waals surface area contributed by atoms with Gasteiger partial charge >= 0.3 is 0 Å². The van der Waals surface area contributed by atoms with Crippen LogP contribution in [-0.2, 0) is 11.3 Å². The van der Waals surface area contributed by atoms with Crippen LogP contribution in [0.4, 0.5) is 11.9 Å². The molecule has 1 amide bonds. The van der Waals surface area contributed by atoms with Crippen LogP contribution in [0.5, 0.6) is 0 Å². The average Bonchev–Trinajstić information content (AvgIpc) is 3.05. The van der Waals surface area contributed by atoms with E-state index in [0.29, 0.717) is 18.4 Å². The normalized spacial score (nSPS) is 17.4. The number of benzene rings is 1. The van der Waals surface area contributed by atoms with E-state index >= 15 is 0 Å². The van der Waals surface area contributed by atoms with Gasteiger partial charge in [-0.1, -0.05) is 12.1 Å². The number of anilines is 2. The van der Waals surface area contributed by atoms with E-state index in [1.54, 1.807) is 18.5 Å². The predicted molar refractivity (Wildman–Crippen MR) is 101 cm³/mol. The van der Waals surface area contributed by atoms with Gasteiger partial charge in [0.25, 0.3) is 0 Å². The topological polar surface area (TPSA) is 75.9 Å². The lowest BCUT2D eigenvalue weighted by atomic mass is 9.97. The Bertz CT molecular complexity index is 907. The van der Waals surface area contributed by atoms with E-state index in [1.807, 2.05) is 28.8 Å². The number of para-hydroxylation sites is 2. The summed E-state index contributed by atoms with van der Waals surface area (Å²) in [6.07, 6.45) is 5.27. The molecule has 0 spiro atoms. The number of nitrogens with zero attached hydrogens (tertiary/aromatic N) is 5. The molecule has 0 saturated carbocycles. The summed E-state index contributed by atoms with van der Waals surface area (Å²) in [6.45, 7) is 4.31. The minimum atomic E-state index is -0.0994. The summed E-state index contributed by atoms with van der Waals surface area (Å²) in [5.41, 5.74) is 1.93. The Morgan fingerprint density at radius 2 is 2.04 bits per heavy atom. The third-order valence-corrected chi connectivity index (χ3v) is 4.83. The summed E-state index contributed by atoms with van der Waals surface area (Å²) in [5, 5.41) is 3.04. The number of imidazole rings is 1. The number of carbonyl (C=O) groups excluding carboxylic acids is 1. The van der Waals surface area contributed by atoms with Gasteiger partial charge in [0.15, 0.2) is 0 Å². The minimum absolute atomic E-state index is 0.00985. The van der Waals surface area contributed by atoms with Gasteiger partial charge in [-0.15, -0.1) is 0 Å². The summed E-state index contributed by atoms with van der Waals surface area (Å²) in [6, 6.07) is 9.73. The van der Waals surface area contributed by atoms with Crippen molar-refractivity contribution in [3.05, 3.63) is 42.7 Å². The maximum atomic E-state index is 12.9. The molecule has 1 aliphatic heterocycles. The van der Waals surface area contributed by atoms with Gasteiger partial charge in [0.2, 0.25) is 17.8 Å². The zero-order valence-electron chi connectivity index (χ0n) is 14.8. The van der Waals surface area contributed by atoms with Gasteiger partial charge in [0.1, 0.15) is 0 Å². The number of amides is 1. The van der Waals surface area contributed by atoms with Crippen molar-refractivity contribution in [2.24, 2.45) is 5.92 Å². The van der Waals surface area contributed by atoms with Crippen molar-refractivity contribution in [3.63, 3.8) is 0 Å². The molecule has 0 bridgehead atoms. The first-order valence-electron chi connectivity index (χ1n) is 9.04. The first-order valence-corrected chi connectivity index (χ1v) is 9.04. The number of aromatic nitrogens is 4. The highest BCUT2D eigenvalue weighted by Crippen LogP contribution is 2.23. The van der Waals surface area contributed by atoms with Crippen molar-refractivity contribution in [2.45, 2.75) is 26.3 Å². The van der Waals surface area contributed by atoms with Gasteiger partial charge in [0.05, 0.1) is 17.0 Å². The second-order valence-electron chi connectivity index (χ2n) is 6.49. The van der Waals surface area contributed by atoms with Crippen LogP contribution in [0, 0.1) is 5.92 Å². The summed E-state index contributed by atoms with van der Waals surface area (Å²) in [4.78, 5) is 28.1. The molecule has 1 unspecified atom stereocenters. The lowest BCUT2D eigenvalue weighted by molar-refractivity contribution is -0.120. The number of hydrogen-bond acceptors (Lipinski definition) is 5. The largest absolute Gasteiger partial charge is 0.340 e. The number of hydrogen-bond donors (Lipinski definition) is 1. The molecule has 4 rings (SSSR count). The smallest absolute Gasteiger partial charge is 0.231 e. The van der Waals surface area contributed by atoms with Crippen LogP contribution < -0.4 is 10.2 Å². The summed E-state index contributed by atoms with van der Waals surface area (Å²) >= 11 is 0. The molecular weight excluding hydrogens is 328 g/mol. The second kappa shape index (κ2) is 7.11. The van der Waals surface area contributed by atoms with Crippen molar-refractivity contribution in [1.29, 1.82) is 0 Å². The molecule has 134 valence electrons. The van der Waals surface area contributed by atoms with Crippen molar-refractivity contribution < 1.29 is 4.79 Å². The van der Waals surface area contributed by atoms with Gasteiger partial charge in [-0.3, -0.25) is 10.1 Å². The second-order valence-corrected chi connectivity index (χ2v) is 6.49. The van der Waals surface area contributed by atoms with Gasteiger partial charge in [0, 0.05) is 32.0 Å². The average molecular weight is 350 g/mol. The van der Waals surface area contributed by atoms with Crippen molar-refractivity contribution in [1.82, 2.24) is 19.5 Å². The van der Waals surface area contributed by atoms with Crippen molar-refractivity contribution in [2.75, 3.05) is 23.3 Å². The third-order valence-electron chi connectivity index (χ3n) is 4.83. The molecule has 7 nitrogen and oxygen atoms in total. The molecule has 1 saturated heterocycles. The van der Waals surface area contributed by atoms with Gasteiger partial charge in [-0.2, -0.15) is 0 Å². The Kier molecular flexibility index (Phi) is 4.51. The maximum Gasteiger partial charge on any atom is 0.231 e. The van der Waals surface area contributed by atoms with Gasteiger partial charge < -0.3 is 9.47 Å². The monoisotopic (exact) mass is 350 g/mol. The molecule has 3 heterocycles. The Morgan fingerprint density at radius 1 is 1.23 bits per heavy atom. The summed E-state index contributed by atoms with van der Waals surface area (Å²) in [5.74, 6) is 1.21. The van der Waals surface area contributed by atoms with E-state index in [1.165, 1.54) is 0 Å². The van der Waals surface area contributed by atoms with E-state index in [4.69, 9.17) is 0 Å². The van der Waals surface area contributed by atoms with Crippen LogP contribution in [0.1, 0.15) is 19.8 Å². The number of rotatable bonds is 4. The van der Waals surface area contributed by atoms with Gasteiger partial charge in [-0.05, 0) is 38.0 Å². The minimum Gasteiger partial charge on any atom is -0.340 e. The Balaban J connectivity index is 1.51. The first kappa shape index (κ1) is 16.5. The van der Waals surface area contributed by atoms with E-state index in [-0.39, 0.29) is 11.8 Å². The highest BCUT2D eigenvalue weighted by Gasteiger charge is 2.28. The molecule has 1 aliphatic rings. The fraction of sp³-hybridized carbons (Fsp3) is 0.368. The van der Waals surface area contributed by atoms with Crippen LogP contribution >= 0.6 is 0 Å². The molecule has 7 heteroatoms. The Morgan fingerprint density at radius 3 is 2.85 bits per heavy atom. The predicted octanol–water partition coefficient (Wildman–Crippen LogP) is 2.70. The highest BCUT2D eigenvalue weighted by molar-refractivity contribution is 5.93. The number of carbonyl (C=O) groups is 1. The number of fused-ring (bicyclic) bond motifs is 1. The molecule has 3 aromatic rings. The quantitative estimate of drug-likeness (QED) is 0.783. The van der Waals surface area contributed by atoms with E-state index < -0.39 is 0 Å². The summed E-state index contributed by atoms with van der Waals surface area (Å²) in [7, 11) is 0. The molecule has 1 aromatic carbocycles. The fourth-order valence-electron chi connectivity index (χ4n) is 3.53. The van der Waals surface area contributed by atoms with Crippen LogP contribution in [0.2, 0.25) is 0 Å². The number of piperidine rings is 1. The number of aryl methyl sites for hydroxylation is 1. The van der Waals surface area contributed by atoms with Crippen molar-refractivity contribution in [3.8, 4) is 0 Å². The molecule has 1 N–H and O–H groups in total. The summed E-state index contributed by atoms with van der Waals surface area (Å²) < 4.78 is 2.04.